The van der Waals surface area contributed by atoms with Gasteiger partial charge in [-0.15, -0.1) is 11.8 Å². The van der Waals surface area contributed by atoms with Crippen LogP contribution >= 0.6 is 11.8 Å². The van der Waals surface area contributed by atoms with Crippen LogP contribution in [0.4, 0.5) is 5.69 Å². The van der Waals surface area contributed by atoms with Crippen LogP contribution in [0.5, 0.6) is 0 Å². The second-order valence-corrected chi connectivity index (χ2v) is 4.69. The predicted octanol–water partition coefficient (Wildman–Crippen LogP) is 2.95. The van der Waals surface area contributed by atoms with Crippen molar-refractivity contribution in [3.8, 4) is 6.07 Å². The largest absolute Gasteiger partial charge is 0.333 e. The quantitative estimate of drug-likeness (QED) is 0.765. The average Bonchev–Trinajstić information content (AvgIpc) is 2.38. The van der Waals surface area contributed by atoms with Gasteiger partial charge < -0.3 is 4.90 Å². The van der Waals surface area contributed by atoms with Crippen LogP contribution in [0.15, 0.2) is 16.6 Å². The monoisotopic (exact) mass is 258 g/mol. The lowest BCUT2D eigenvalue weighted by Gasteiger charge is -2.27. The first kappa shape index (κ1) is 12.7. The van der Waals surface area contributed by atoms with Crippen LogP contribution < -0.4 is 0 Å². The molecule has 0 amide bonds. The summed E-state index contributed by atoms with van der Waals surface area (Å²) in [5.74, 6) is 0. The van der Waals surface area contributed by atoms with Gasteiger partial charge in [-0.25, -0.2) is 9.98 Å². The van der Waals surface area contributed by atoms with Gasteiger partial charge in [0.25, 0.3) is 0 Å². The fraction of sp³-hybridized carbons (Fsp3) is 0.308. The van der Waals surface area contributed by atoms with Crippen molar-refractivity contribution >= 4 is 29.5 Å². The molecule has 5 heteroatoms. The van der Waals surface area contributed by atoms with Crippen molar-refractivity contribution < 1.29 is 0 Å². The molecule has 2 rings (SSSR count). The lowest BCUT2D eigenvalue weighted by atomic mass is 10.0. The van der Waals surface area contributed by atoms with E-state index in [2.05, 4.69) is 22.6 Å². The first-order valence-electron chi connectivity index (χ1n) is 5.62. The van der Waals surface area contributed by atoms with Crippen molar-refractivity contribution in [2.75, 3.05) is 12.8 Å². The molecule has 92 valence electrons. The third kappa shape index (κ3) is 1.79. The number of aromatic nitrogens is 1. The maximum Gasteiger partial charge on any atom is 0.116 e. The van der Waals surface area contributed by atoms with Crippen molar-refractivity contribution in [3.63, 3.8) is 0 Å². The summed E-state index contributed by atoms with van der Waals surface area (Å²) < 4.78 is 0. The number of pyridine rings is 1. The predicted molar refractivity (Wildman–Crippen MR) is 75.0 cm³/mol. The van der Waals surface area contributed by atoms with E-state index in [-0.39, 0.29) is 0 Å². The third-order valence-corrected chi connectivity index (χ3v) is 3.61. The van der Waals surface area contributed by atoms with Crippen LogP contribution in [0, 0.1) is 18.3 Å². The second-order valence-electron chi connectivity index (χ2n) is 3.89. The Labute approximate surface area is 111 Å². The molecule has 0 bridgehead atoms. The highest BCUT2D eigenvalue weighted by Gasteiger charge is 2.23. The van der Waals surface area contributed by atoms with Gasteiger partial charge in [-0.05, 0) is 20.1 Å². The Kier molecular flexibility index (Phi) is 3.39. The van der Waals surface area contributed by atoms with Gasteiger partial charge in [-0.2, -0.15) is 5.26 Å². The van der Waals surface area contributed by atoms with Crippen LogP contribution in [0.2, 0.25) is 0 Å². The molecular weight excluding hydrogens is 244 g/mol. The maximum absolute atomic E-state index is 9.29. The first-order valence-corrected chi connectivity index (χ1v) is 6.85. The molecule has 0 aromatic carbocycles. The first-order chi connectivity index (χ1) is 8.63. The van der Waals surface area contributed by atoms with Crippen LogP contribution in [0.1, 0.15) is 23.7 Å². The molecule has 1 aliphatic heterocycles. The van der Waals surface area contributed by atoms with Crippen molar-refractivity contribution in [2.24, 2.45) is 4.99 Å². The minimum absolute atomic E-state index is 0.538. The average molecular weight is 258 g/mol. The summed E-state index contributed by atoms with van der Waals surface area (Å²) in [6.45, 7) is 8.84. The van der Waals surface area contributed by atoms with Gasteiger partial charge in [-0.3, -0.25) is 0 Å². The fourth-order valence-electron chi connectivity index (χ4n) is 2.00. The summed E-state index contributed by atoms with van der Waals surface area (Å²) in [5.41, 5.74) is 3.85. The summed E-state index contributed by atoms with van der Waals surface area (Å²) in [6, 6.07) is 2.20. The molecule has 1 aliphatic rings. The zero-order valence-electron chi connectivity index (χ0n) is 10.7. The minimum atomic E-state index is 0.538. The number of aliphatic imine (C=N–C) groups is 1. The van der Waals surface area contributed by atoms with Crippen molar-refractivity contribution in [1.82, 2.24) is 9.88 Å². The Morgan fingerprint density at radius 3 is 2.83 bits per heavy atom. The van der Waals surface area contributed by atoms with E-state index in [1.807, 2.05) is 25.0 Å². The molecule has 0 atom stereocenters. The number of hydrogen-bond donors (Lipinski definition) is 0. The number of nitrogens with zero attached hydrogens (tertiary/aromatic N) is 4. The van der Waals surface area contributed by atoms with Crippen LogP contribution in [0.3, 0.4) is 0 Å². The summed E-state index contributed by atoms with van der Waals surface area (Å²) in [6.07, 6.45) is 3.64. The highest BCUT2D eigenvalue weighted by atomic mass is 32.2. The Morgan fingerprint density at radius 2 is 2.28 bits per heavy atom. The zero-order valence-corrected chi connectivity index (χ0v) is 11.5. The molecule has 2 heterocycles. The van der Waals surface area contributed by atoms with E-state index in [9.17, 15) is 5.26 Å². The van der Waals surface area contributed by atoms with Gasteiger partial charge in [-0.1, -0.05) is 6.58 Å². The Hall–Kier alpha value is -1.80. The standard InChI is InChI=1S/C13H14N4S/c1-5-17-7-15-12-10(6-14)13(18-4)16-8(2)11(12)9(17)3/h7H,3,5H2,1-2,4H3. The van der Waals surface area contributed by atoms with E-state index in [1.165, 1.54) is 11.8 Å². The summed E-state index contributed by atoms with van der Waals surface area (Å²) in [5, 5.41) is 10.0. The van der Waals surface area contributed by atoms with E-state index >= 15 is 0 Å². The molecule has 0 saturated carbocycles. The smallest absolute Gasteiger partial charge is 0.116 e. The summed E-state index contributed by atoms with van der Waals surface area (Å²) >= 11 is 1.46. The second kappa shape index (κ2) is 4.83. The molecule has 0 unspecified atom stereocenters. The van der Waals surface area contributed by atoms with Gasteiger partial charge in [0.2, 0.25) is 0 Å². The van der Waals surface area contributed by atoms with Crippen molar-refractivity contribution in [2.45, 2.75) is 18.9 Å². The van der Waals surface area contributed by atoms with Crippen LogP contribution in [0.25, 0.3) is 5.70 Å². The molecule has 1 aromatic rings. The molecule has 0 spiro atoms. The van der Waals surface area contributed by atoms with E-state index < -0.39 is 0 Å². The topological polar surface area (TPSA) is 52.3 Å². The number of thioether (sulfide) groups is 1. The van der Waals surface area contributed by atoms with Gasteiger partial charge in [0.15, 0.2) is 0 Å². The van der Waals surface area contributed by atoms with Gasteiger partial charge >= 0.3 is 0 Å². The molecule has 0 aliphatic carbocycles. The number of rotatable bonds is 2. The SMILES string of the molecule is C=C1c2c(C)nc(SC)c(C#N)c2N=CN1CC. The van der Waals surface area contributed by atoms with Crippen molar-refractivity contribution in [3.05, 3.63) is 23.4 Å². The van der Waals surface area contributed by atoms with Crippen LogP contribution in [-0.4, -0.2) is 29.0 Å². The van der Waals surface area contributed by atoms with E-state index in [0.717, 1.165) is 28.5 Å². The van der Waals surface area contributed by atoms with E-state index in [1.54, 1.807) is 6.34 Å². The number of nitriles is 1. The normalized spacial score (nSPS) is 13.4. The Balaban J connectivity index is 2.73. The zero-order chi connectivity index (χ0) is 13.3. The molecule has 0 saturated heterocycles. The molecule has 0 fully saturated rings. The molecule has 0 radical (unpaired) electrons. The molecule has 4 nitrogen and oxygen atoms in total. The Bertz CT molecular complexity index is 584. The fourth-order valence-corrected chi connectivity index (χ4v) is 2.57. The van der Waals surface area contributed by atoms with Gasteiger partial charge in [0.05, 0.1) is 17.7 Å². The summed E-state index contributed by atoms with van der Waals surface area (Å²) in [4.78, 5) is 10.8. The lowest BCUT2D eigenvalue weighted by molar-refractivity contribution is 0.627. The number of aryl methyl sites for hydroxylation is 1. The summed E-state index contributed by atoms with van der Waals surface area (Å²) in [7, 11) is 0. The maximum atomic E-state index is 9.29. The molecule has 1 aromatic heterocycles. The van der Waals surface area contributed by atoms with Gasteiger partial charge in [0, 0.05) is 17.8 Å². The van der Waals surface area contributed by atoms with Crippen LogP contribution in [-0.2, 0) is 0 Å². The van der Waals surface area contributed by atoms with Crippen molar-refractivity contribution in [1.29, 1.82) is 5.26 Å². The van der Waals surface area contributed by atoms with Gasteiger partial charge in [0.1, 0.15) is 16.7 Å². The third-order valence-electron chi connectivity index (χ3n) is 2.93. The molecular formula is C13H14N4S. The molecule has 0 N–H and O–H groups in total. The minimum Gasteiger partial charge on any atom is -0.333 e. The number of hydrogen-bond acceptors (Lipinski definition) is 5. The van der Waals surface area contributed by atoms with E-state index in [4.69, 9.17) is 0 Å². The highest BCUT2D eigenvalue weighted by Crippen LogP contribution is 2.38. The Morgan fingerprint density at radius 1 is 1.56 bits per heavy atom. The molecule has 18 heavy (non-hydrogen) atoms. The highest BCUT2D eigenvalue weighted by molar-refractivity contribution is 7.98. The van der Waals surface area contributed by atoms with E-state index in [0.29, 0.717) is 11.3 Å². The number of fused-ring (bicyclic) bond motifs is 1. The lowest BCUT2D eigenvalue weighted by Crippen LogP contribution is -2.23.